The van der Waals surface area contributed by atoms with Crippen molar-refractivity contribution in [3.63, 3.8) is 0 Å². The molecule has 0 unspecified atom stereocenters. The number of anilines is 1. The summed E-state index contributed by atoms with van der Waals surface area (Å²) in [4.78, 5) is 0. The fourth-order valence-electron chi connectivity index (χ4n) is 1.43. The van der Waals surface area contributed by atoms with Crippen LogP contribution in [0.1, 0.15) is 26.2 Å². The maximum Gasteiger partial charge on any atom is 0.245 e. The van der Waals surface area contributed by atoms with E-state index in [1.165, 1.54) is 0 Å². The Hall–Kier alpha value is -1.07. The third-order valence-electron chi connectivity index (χ3n) is 2.30. The summed E-state index contributed by atoms with van der Waals surface area (Å²) in [6.07, 6.45) is 3.27. The topological polar surface area (TPSA) is 58.2 Å². The van der Waals surface area contributed by atoms with E-state index in [4.69, 9.17) is 0 Å². The molecule has 0 spiro atoms. The van der Waals surface area contributed by atoms with Crippen LogP contribution >= 0.6 is 0 Å². The highest BCUT2D eigenvalue weighted by Crippen LogP contribution is 2.07. The zero-order valence-corrected chi connectivity index (χ0v) is 11.0. The Labute approximate surface area is 103 Å². The lowest BCUT2D eigenvalue weighted by atomic mass is 10.2. The zero-order chi connectivity index (χ0) is 12.6. The molecule has 17 heavy (non-hydrogen) atoms. The van der Waals surface area contributed by atoms with E-state index in [0.717, 1.165) is 25.8 Å². The molecule has 0 saturated heterocycles. The summed E-state index contributed by atoms with van der Waals surface area (Å²) >= 11 is 0. The maximum atomic E-state index is 11.7. The van der Waals surface area contributed by atoms with Gasteiger partial charge in [-0.2, -0.15) is 0 Å². The quantitative estimate of drug-likeness (QED) is 0.701. The van der Waals surface area contributed by atoms with E-state index in [1.807, 2.05) is 6.07 Å². The average molecular weight is 256 g/mol. The second-order valence-corrected chi connectivity index (χ2v) is 5.66. The highest BCUT2D eigenvalue weighted by Gasteiger charge is 2.08. The Morgan fingerprint density at radius 1 is 1.12 bits per heavy atom. The highest BCUT2D eigenvalue weighted by molar-refractivity contribution is 7.92. The largest absolute Gasteiger partial charge is 0.302 e. The van der Waals surface area contributed by atoms with Gasteiger partial charge in [-0.05, 0) is 25.1 Å². The summed E-state index contributed by atoms with van der Waals surface area (Å²) in [6.45, 7) is 2.86. The van der Waals surface area contributed by atoms with Crippen LogP contribution in [0.3, 0.4) is 0 Å². The van der Waals surface area contributed by atoms with Crippen molar-refractivity contribution in [2.75, 3.05) is 17.1 Å². The summed E-state index contributed by atoms with van der Waals surface area (Å²) in [6, 6.07) is 8.91. The molecule has 0 amide bonds. The van der Waals surface area contributed by atoms with Crippen LogP contribution in [-0.4, -0.2) is 20.8 Å². The molecule has 5 heteroatoms. The Morgan fingerprint density at radius 3 is 2.47 bits per heavy atom. The number of unbranched alkanes of at least 4 members (excludes halogenated alkanes) is 2. The molecule has 1 aromatic rings. The Balaban J connectivity index is 2.32. The van der Waals surface area contributed by atoms with Crippen LogP contribution in [-0.2, 0) is 10.0 Å². The van der Waals surface area contributed by atoms with Gasteiger partial charge in [0.2, 0.25) is 10.0 Å². The Bertz CT molecular complexity index is 404. The minimum Gasteiger partial charge on any atom is -0.302 e. The molecule has 0 fully saturated rings. The van der Waals surface area contributed by atoms with Gasteiger partial charge in [0.25, 0.3) is 0 Å². The van der Waals surface area contributed by atoms with Gasteiger partial charge in [-0.15, -0.1) is 0 Å². The first kappa shape index (κ1) is 14.0. The molecule has 0 atom stereocenters. The van der Waals surface area contributed by atoms with E-state index in [1.54, 1.807) is 24.3 Å². The zero-order valence-electron chi connectivity index (χ0n) is 10.1. The standard InChI is InChI=1S/C12H20N2O2S/c1-2-3-7-10-13-11-17(15,16)14-12-8-5-4-6-9-12/h4-6,8-9,13-14H,2-3,7,10-11H2,1H3. The number of benzene rings is 1. The van der Waals surface area contributed by atoms with Crippen molar-refractivity contribution in [3.05, 3.63) is 30.3 Å². The lowest BCUT2D eigenvalue weighted by molar-refractivity contribution is 0.586. The molecular weight excluding hydrogens is 236 g/mol. The predicted molar refractivity (Wildman–Crippen MR) is 71.4 cm³/mol. The number of hydrogen-bond donors (Lipinski definition) is 2. The van der Waals surface area contributed by atoms with Gasteiger partial charge in [0.15, 0.2) is 0 Å². The van der Waals surface area contributed by atoms with Crippen LogP contribution in [0.5, 0.6) is 0 Å². The third-order valence-corrected chi connectivity index (χ3v) is 3.43. The molecule has 0 aromatic heterocycles. The lowest BCUT2D eigenvalue weighted by Crippen LogP contribution is -2.28. The maximum absolute atomic E-state index is 11.7. The monoisotopic (exact) mass is 256 g/mol. The fourth-order valence-corrected chi connectivity index (χ4v) is 2.41. The van der Waals surface area contributed by atoms with E-state index >= 15 is 0 Å². The van der Waals surface area contributed by atoms with E-state index in [2.05, 4.69) is 17.0 Å². The fraction of sp³-hybridized carbons (Fsp3) is 0.500. The smallest absolute Gasteiger partial charge is 0.245 e. The molecule has 4 nitrogen and oxygen atoms in total. The van der Waals surface area contributed by atoms with Crippen molar-refractivity contribution in [3.8, 4) is 0 Å². The van der Waals surface area contributed by atoms with Crippen LogP contribution < -0.4 is 10.0 Å². The van der Waals surface area contributed by atoms with Crippen molar-refractivity contribution in [1.82, 2.24) is 5.32 Å². The van der Waals surface area contributed by atoms with Gasteiger partial charge in [-0.25, -0.2) is 8.42 Å². The van der Waals surface area contributed by atoms with Crippen molar-refractivity contribution >= 4 is 15.7 Å². The number of nitrogens with one attached hydrogen (secondary N) is 2. The lowest BCUT2D eigenvalue weighted by Gasteiger charge is -2.08. The van der Waals surface area contributed by atoms with Gasteiger partial charge in [-0.1, -0.05) is 38.0 Å². The van der Waals surface area contributed by atoms with Crippen molar-refractivity contribution < 1.29 is 8.42 Å². The first-order valence-electron chi connectivity index (χ1n) is 5.90. The number of rotatable bonds is 8. The van der Waals surface area contributed by atoms with Gasteiger partial charge in [0, 0.05) is 5.69 Å². The molecule has 0 radical (unpaired) electrons. The first-order chi connectivity index (χ1) is 8.14. The summed E-state index contributed by atoms with van der Waals surface area (Å²) in [5.74, 6) is -0.0361. The van der Waals surface area contributed by atoms with E-state index in [9.17, 15) is 8.42 Å². The molecule has 1 aromatic carbocycles. The van der Waals surface area contributed by atoms with Crippen molar-refractivity contribution in [2.24, 2.45) is 0 Å². The summed E-state index contributed by atoms with van der Waals surface area (Å²) in [5.41, 5.74) is 0.600. The van der Waals surface area contributed by atoms with Crippen molar-refractivity contribution in [2.45, 2.75) is 26.2 Å². The molecule has 0 heterocycles. The minimum absolute atomic E-state index is 0.0361. The predicted octanol–water partition coefficient (Wildman–Crippen LogP) is 2.17. The molecule has 0 aliphatic heterocycles. The number of sulfonamides is 1. The van der Waals surface area contributed by atoms with E-state index in [0.29, 0.717) is 5.69 Å². The first-order valence-corrected chi connectivity index (χ1v) is 7.55. The highest BCUT2D eigenvalue weighted by atomic mass is 32.2. The summed E-state index contributed by atoms with van der Waals surface area (Å²) < 4.78 is 25.8. The van der Waals surface area contributed by atoms with Crippen LogP contribution in [0.25, 0.3) is 0 Å². The SMILES string of the molecule is CCCCCNCS(=O)(=O)Nc1ccccc1. The Morgan fingerprint density at radius 2 is 1.82 bits per heavy atom. The third kappa shape index (κ3) is 6.28. The normalized spacial score (nSPS) is 11.4. The van der Waals surface area contributed by atoms with E-state index in [-0.39, 0.29) is 5.88 Å². The van der Waals surface area contributed by atoms with Gasteiger partial charge in [0.1, 0.15) is 5.88 Å². The second kappa shape index (κ2) is 7.29. The molecular formula is C12H20N2O2S. The molecule has 0 aliphatic carbocycles. The molecule has 0 bridgehead atoms. The summed E-state index contributed by atoms with van der Waals surface area (Å²) in [5, 5.41) is 2.93. The average Bonchev–Trinajstić information content (AvgIpc) is 2.29. The van der Waals surface area contributed by atoms with Gasteiger partial charge in [-0.3, -0.25) is 4.72 Å². The molecule has 2 N–H and O–H groups in total. The Kier molecular flexibility index (Phi) is 6.00. The van der Waals surface area contributed by atoms with Crippen molar-refractivity contribution in [1.29, 1.82) is 0 Å². The number of hydrogen-bond acceptors (Lipinski definition) is 3. The molecule has 96 valence electrons. The van der Waals surface area contributed by atoms with Crippen LogP contribution in [0, 0.1) is 0 Å². The van der Waals surface area contributed by atoms with E-state index < -0.39 is 10.0 Å². The van der Waals surface area contributed by atoms with Crippen LogP contribution in [0.4, 0.5) is 5.69 Å². The molecule has 0 saturated carbocycles. The second-order valence-electron chi connectivity index (χ2n) is 3.93. The van der Waals surface area contributed by atoms with Gasteiger partial charge in [0.05, 0.1) is 0 Å². The minimum atomic E-state index is -3.28. The van der Waals surface area contributed by atoms with Crippen LogP contribution in [0.15, 0.2) is 30.3 Å². The van der Waals surface area contributed by atoms with Gasteiger partial charge < -0.3 is 5.32 Å². The summed E-state index contributed by atoms with van der Waals surface area (Å²) in [7, 11) is -3.28. The van der Waals surface area contributed by atoms with Crippen LogP contribution in [0.2, 0.25) is 0 Å². The number of para-hydroxylation sites is 1. The molecule has 1 rings (SSSR count). The van der Waals surface area contributed by atoms with Gasteiger partial charge >= 0.3 is 0 Å². The molecule has 0 aliphatic rings.